The van der Waals surface area contributed by atoms with Gasteiger partial charge in [0.2, 0.25) is 0 Å². The van der Waals surface area contributed by atoms with Crippen molar-refractivity contribution < 1.29 is 27.9 Å². The zero-order valence-corrected chi connectivity index (χ0v) is 17.1. The van der Waals surface area contributed by atoms with Gasteiger partial charge in [-0.2, -0.15) is 13.2 Å². The van der Waals surface area contributed by atoms with Gasteiger partial charge in [-0.3, -0.25) is 14.5 Å². The van der Waals surface area contributed by atoms with Gasteiger partial charge in [0.25, 0.3) is 11.7 Å². The van der Waals surface area contributed by atoms with E-state index in [0.29, 0.717) is 10.6 Å². The van der Waals surface area contributed by atoms with Crippen LogP contribution in [-0.2, 0) is 15.8 Å². The van der Waals surface area contributed by atoms with E-state index in [2.05, 4.69) is 0 Å². The molecule has 1 atom stereocenters. The van der Waals surface area contributed by atoms with Crippen molar-refractivity contribution in [2.75, 3.05) is 4.90 Å². The normalized spacial score (nSPS) is 18.2. The van der Waals surface area contributed by atoms with E-state index in [1.807, 2.05) is 0 Å². The maximum absolute atomic E-state index is 13.3. The molecule has 0 aliphatic carbocycles. The Morgan fingerprint density at radius 2 is 1.56 bits per heavy atom. The van der Waals surface area contributed by atoms with Crippen LogP contribution in [0.3, 0.4) is 0 Å². The zero-order chi connectivity index (χ0) is 23.0. The number of aliphatic hydroxyl groups excluding tert-OH is 1. The Morgan fingerprint density at radius 1 is 0.906 bits per heavy atom. The van der Waals surface area contributed by atoms with E-state index in [1.165, 1.54) is 36.4 Å². The van der Waals surface area contributed by atoms with Crippen molar-refractivity contribution in [3.8, 4) is 0 Å². The molecule has 0 bridgehead atoms. The number of carbonyl (C=O) groups excluding carboxylic acids is 2. The molecule has 0 radical (unpaired) electrons. The molecule has 0 saturated carbocycles. The largest absolute Gasteiger partial charge is 0.507 e. The Hall–Kier alpha value is -3.58. The van der Waals surface area contributed by atoms with E-state index < -0.39 is 35.2 Å². The minimum atomic E-state index is -4.63. The molecule has 4 nitrogen and oxygen atoms in total. The molecule has 4 rings (SSSR count). The summed E-state index contributed by atoms with van der Waals surface area (Å²) in [5.41, 5.74) is -0.578. The summed E-state index contributed by atoms with van der Waals surface area (Å²) < 4.78 is 39.8. The smallest absolute Gasteiger partial charge is 0.416 e. The fourth-order valence-electron chi connectivity index (χ4n) is 3.64. The SMILES string of the molecule is O=C1C(=O)N(c2cccc(C(F)(F)F)c2)C(c2ccccc2)C1=C(O)c1ccc(Cl)cc1. The highest BCUT2D eigenvalue weighted by atomic mass is 35.5. The maximum atomic E-state index is 13.3. The van der Waals surface area contributed by atoms with E-state index in [0.717, 1.165) is 17.0 Å². The highest BCUT2D eigenvalue weighted by Crippen LogP contribution is 2.43. The number of halogens is 4. The average molecular weight is 458 g/mol. The summed E-state index contributed by atoms with van der Waals surface area (Å²) in [6, 6.07) is 17.4. The minimum absolute atomic E-state index is 0.106. The van der Waals surface area contributed by atoms with Crippen LogP contribution in [0.4, 0.5) is 18.9 Å². The van der Waals surface area contributed by atoms with E-state index in [-0.39, 0.29) is 16.8 Å². The summed E-state index contributed by atoms with van der Waals surface area (Å²) in [4.78, 5) is 26.9. The van der Waals surface area contributed by atoms with Gasteiger partial charge >= 0.3 is 6.18 Å². The van der Waals surface area contributed by atoms with Crippen LogP contribution in [0.2, 0.25) is 5.02 Å². The van der Waals surface area contributed by atoms with Crippen LogP contribution in [0.15, 0.2) is 84.4 Å². The van der Waals surface area contributed by atoms with Gasteiger partial charge < -0.3 is 5.11 Å². The van der Waals surface area contributed by atoms with Gasteiger partial charge in [-0.25, -0.2) is 0 Å². The molecule has 1 fully saturated rings. The van der Waals surface area contributed by atoms with Crippen LogP contribution >= 0.6 is 11.6 Å². The van der Waals surface area contributed by atoms with E-state index in [1.54, 1.807) is 30.3 Å². The van der Waals surface area contributed by atoms with Crippen LogP contribution in [0.5, 0.6) is 0 Å². The van der Waals surface area contributed by atoms with E-state index in [9.17, 15) is 27.9 Å². The van der Waals surface area contributed by atoms with Crippen molar-refractivity contribution in [3.05, 3.63) is 106 Å². The molecular formula is C24H15ClF3NO3. The molecule has 1 aliphatic heterocycles. The minimum Gasteiger partial charge on any atom is -0.507 e. The fraction of sp³-hybridized carbons (Fsp3) is 0.0833. The fourth-order valence-corrected chi connectivity index (χ4v) is 3.77. The predicted octanol–water partition coefficient (Wildman–Crippen LogP) is 5.99. The lowest BCUT2D eigenvalue weighted by atomic mass is 9.95. The predicted molar refractivity (Wildman–Crippen MR) is 114 cm³/mol. The lowest BCUT2D eigenvalue weighted by Crippen LogP contribution is -2.29. The van der Waals surface area contributed by atoms with Crippen LogP contribution in [0.25, 0.3) is 5.76 Å². The average Bonchev–Trinajstić information content (AvgIpc) is 3.04. The van der Waals surface area contributed by atoms with Gasteiger partial charge in [-0.15, -0.1) is 0 Å². The van der Waals surface area contributed by atoms with Crippen LogP contribution in [-0.4, -0.2) is 16.8 Å². The first-order valence-electron chi connectivity index (χ1n) is 9.47. The molecule has 162 valence electrons. The number of anilines is 1. The molecule has 8 heteroatoms. The van der Waals surface area contributed by atoms with Crippen LogP contribution < -0.4 is 4.90 Å². The third-order valence-electron chi connectivity index (χ3n) is 5.13. The molecule has 1 heterocycles. The Labute approximate surface area is 186 Å². The van der Waals surface area contributed by atoms with Crippen molar-refractivity contribution in [1.29, 1.82) is 0 Å². The van der Waals surface area contributed by atoms with Gasteiger partial charge in [-0.05, 0) is 48.0 Å². The molecule has 0 spiro atoms. The number of aliphatic hydroxyl groups is 1. The number of ketones is 1. The second kappa shape index (κ2) is 8.16. The summed E-state index contributed by atoms with van der Waals surface area (Å²) in [5, 5.41) is 11.3. The highest BCUT2D eigenvalue weighted by Gasteiger charge is 2.47. The zero-order valence-electron chi connectivity index (χ0n) is 16.3. The number of alkyl halides is 3. The van der Waals surface area contributed by atoms with Gasteiger partial charge in [0.1, 0.15) is 5.76 Å². The van der Waals surface area contributed by atoms with Crippen molar-refractivity contribution in [2.45, 2.75) is 12.2 Å². The Morgan fingerprint density at radius 3 is 2.19 bits per heavy atom. The standard InChI is InChI=1S/C24H15ClF3NO3/c25-17-11-9-15(10-12-17)21(30)19-20(14-5-2-1-3-6-14)29(23(32)22(19)31)18-8-4-7-16(13-18)24(26,27)28/h1-13,20,30H. The number of Topliss-reactive ketones (excluding diaryl/α,β-unsaturated/α-hetero) is 1. The van der Waals surface area contributed by atoms with Gasteiger partial charge in [0.15, 0.2) is 0 Å². The van der Waals surface area contributed by atoms with E-state index >= 15 is 0 Å². The molecule has 1 N–H and O–H groups in total. The first-order valence-corrected chi connectivity index (χ1v) is 9.85. The molecule has 1 amide bonds. The lowest BCUT2D eigenvalue weighted by molar-refractivity contribution is -0.137. The summed E-state index contributed by atoms with van der Waals surface area (Å²) >= 11 is 5.89. The lowest BCUT2D eigenvalue weighted by Gasteiger charge is -2.26. The molecule has 3 aromatic rings. The quantitative estimate of drug-likeness (QED) is 0.299. The topological polar surface area (TPSA) is 57.6 Å². The third-order valence-corrected chi connectivity index (χ3v) is 5.38. The van der Waals surface area contributed by atoms with Gasteiger partial charge in [-0.1, -0.05) is 48.0 Å². The molecule has 1 aliphatic rings. The van der Waals surface area contributed by atoms with Crippen molar-refractivity contribution >= 4 is 34.7 Å². The molecular weight excluding hydrogens is 443 g/mol. The number of nitrogens with zero attached hydrogens (tertiary/aromatic N) is 1. The van der Waals surface area contributed by atoms with Crippen LogP contribution in [0.1, 0.15) is 22.7 Å². The number of rotatable bonds is 3. The molecule has 1 unspecified atom stereocenters. The first kappa shape index (κ1) is 21.6. The second-order valence-electron chi connectivity index (χ2n) is 7.13. The maximum Gasteiger partial charge on any atom is 0.416 e. The number of benzene rings is 3. The summed E-state index contributed by atoms with van der Waals surface area (Å²) in [7, 11) is 0. The number of amides is 1. The number of carbonyl (C=O) groups is 2. The van der Waals surface area contributed by atoms with Gasteiger partial charge in [0, 0.05) is 16.3 Å². The van der Waals surface area contributed by atoms with Crippen molar-refractivity contribution in [2.24, 2.45) is 0 Å². The van der Waals surface area contributed by atoms with E-state index in [4.69, 9.17) is 11.6 Å². The number of hydrogen-bond donors (Lipinski definition) is 1. The van der Waals surface area contributed by atoms with Gasteiger partial charge in [0.05, 0.1) is 17.2 Å². The molecule has 32 heavy (non-hydrogen) atoms. The summed E-state index contributed by atoms with van der Waals surface area (Å²) in [6.45, 7) is 0. The number of hydrogen-bond acceptors (Lipinski definition) is 3. The Bertz CT molecular complexity index is 1220. The third kappa shape index (κ3) is 3.87. The second-order valence-corrected chi connectivity index (χ2v) is 7.57. The Kier molecular flexibility index (Phi) is 5.52. The molecule has 3 aromatic carbocycles. The van der Waals surface area contributed by atoms with Crippen molar-refractivity contribution in [3.63, 3.8) is 0 Å². The summed E-state index contributed by atoms with van der Waals surface area (Å²) in [5.74, 6) is -2.47. The molecule has 0 aromatic heterocycles. The highest BCUT2D eigenvalue weighted by molar-refractivity contribution is 6.51. The first-order chi connectivity index (χ1) is 15.2. The monoisotopic (exact) mass is 457 g/mol. The molecule has 1 saturated heterocycles. The van der Waals surface area contributed by atoms with Crippen molar-refractivity contribution in [1.82, 2.24) is 0 Å². The Balaban J connectivity index is 1.93. The summed E-state index contributed by atoms with van der Waals surface area (Å²) in [6.07, 6.45) is -4.63. The van der Waals surface area contributed by atoms with Crippen LogP contribution in [0, 0.1) is 0 Å².